The molecule has 1 fully saturated rings. The number of aromatic nitrogens is 2. The zero-order valence-corrected chi connectivity index (χ0v) is 12.5. The molecule has 4 heteroatoms. The second-order valence-corrected chi connectivity index (χ2v) is 5.98. The fraction of sp³-hybridized carbons (Fsp3) is 0.438. The molecule has 0 radical (unpaired) electrons. The Morgan fingerprint density at radius 3 is 3.00 bits per heavy atom. The lowest BCUT2D eigenvalue weighted by molar-refractivity contribution is 0.525. The number of hydrogen-bond acceptors (Lipinski definition) is 2. The second kappa shape index (κ2) is 5.88. The lowest BCUT2D eigenvalue weighted by Crippen LogP contribution is -2.17. The van der Waals surface area contributed by atoms with Gasteiger partial charge in [-0.1, -0.05) is 24.9 Å². The normalized spacial score (nSPS) is 22.1. The van der Waals surface area contributed by atoms with Crippen LogP contribution in [0.1, 0.15) is 32.6 Å². The summed E-state index contributed by atoms with van der Waals surface area (Å²) < 4.78 is 1.88. The van der Waals surface area contributed by atoms with E-state index in [2.05, 4.69) is 17.3 Å². The topological polar surface area (TPSA) is 29.9 Å². The quantitative estimate of drug-likeness (QED) is 0.897. The maximum absolute atomic E-state index is 6.15. The van der Waals surface area contributed by atoms with Crippen molar-refractivity contribution in [2.75, 3.05) is 5.32 Å². The fourth-order valence-electron chi connectivity index (χ4n) is 3.03. The van der Waals surface area contributed by atoms with Crippen molar-refractivity contribution in [2.24, 2.45) is 5.92 Å². The predicted molar refractivity (Wildman–Crippen MR) is 83.6 cm³/mol. The molecular formula is C16H20ClN3. The summed E-state index contributed by atoms with van der Waals surface area (Å²) in [6.07, 6.45) is 8.84. The SMILES string of the molecule is CCC1CCC(Nc2cc(Cl)ccc2-n2cccn2)C1. The largest absolute Gasteiger partial charge is 0.381 e. The van der Waals surface area contributed by atoms with Crippen molar-refractivity contribution >= 4 is 17.3 Å². The Morgan fingerprint density at radius 2 is 2.30 bits per heavy atom. The number of hydrogen-bond donors (Lipinski definition) is 1. The minimum absolute atomic E-state index is 0.549. The van der Waals surface area contributed by atoms with Crippen LogP contribution < -0.4 is 5.32 Å². The molecule has 2 aromatic rings. The lowest BCUT2D eigenvalue weighted by atomic mass is 10.1. The molecule has 0 saturated heterocycles. The van der Waals surface area contributed by atoms with Gasteiger partial charge in [0.1, 0.15) is 0 Å². The van der Waals surface area contributed by atoms with Gasteiger partial charge in [-0.05, 0) is 49.4 Å². The van der Waals surface area contributed by atoms with Gasteiger partial charge >= 0.3 is 0 Å². The van der Waals surface area contributed by atoms with Gasteiger partial charge in [0.05, 0.1) is 11.4 Å². The van der Waals surface area contributed by atoms with E-state index in [1.54, 1.807) is 6.20 Å². The first kappa shape index (κ1) is 13.5. The maximum atomic E-state index is 6.15. The standard InChI is InChI=1S/C16H20ClN3/c1-2-12-4-6-14(10-12)19-15-11-13(17)5-7-16(15)20-9-3-8-18-20/h3,5,7-9,11-12,14,19H,2,4,6,10H2,1H3. The molecule has 1 aliphatic carbocycles. The molecule has 2 atom stereocenters. The number of nitrogens with zero attached hydrogens (tertiary/aromatic N) is 2. The molecule has 1 aromatic carbocycles. The van der Waals surface area contributed by atoms with Crippen molar-refractivity contribution in [3.63, 3.8) is 0 Å². The minimum atomic E-state index is 0.549. The van der Waals surface area contributed by atoms with Gasteiger partial charge in [0.2, 0.25) is 0 Å². The van der Waals surface area contributed by atoms with Crippen molar-refractivity contribution in [1.29, 1.82) is 0 Å². The van der Waals surface area contributed by atoms with Gasteiger partial charge < -0.3 is 5.32 Å². The third kappa shape index (κ3) is 2.83. The predicted octanol–water partition coefficient (Wildman–Crippen LogP) is 4.52. The van der Waals surface area contributed by atoms with Gasteiger partial charge in [0.25, 0.3) is 0 Å². The summed E-state index contributed by atoms with van der Waals surface area (Å²) in [5, 5.41) is 8.73. The molecule has 0 spiro atoms. The summed E-state index contributed by atoms with van der Waals surface area (Å²) in [6.45, 7) is 2.28. The molecule has 20 heavy (non-hydrogen) atoms. The van der Waals surface area contributed by atoms with E-state index in [-0.39, 0.29) is 0 Å². The van der Waals surface area contributed by atoms with Crippen molar-refractivity contribution in [2.45, 2.75) is 38.6 Å². The zero-order valence-electron chi connectivity index (χ0n) is 11.7. The van der Waals surface area contributed by atoms with E-state index in [1.807, 2.05) is 35.1 Å². The molecule has 1 saturated carbocycles. The van der Waals surface area contributed by atoms with Crippen LogP contribution in [0.5, 0.6) is 0 Å². The molecule has 3 rings (SSSR count). The highest BCUT2D eigenvalue weighted by molar-refractivity contribution is 6.31. The highest BCUT2D eigenvalue weighted by Crippen LogP contribution is 2.32. The molecule has 0 bridgehead atoms. The lowest BCUT2D eigenvalue weighted by Gasteiger charge is -2.18. The molecule has 3 nitrogen and oxygen atoms in total. The van der Waals surface area contributed by atoms with E-state index in [4.69, 9.17) is 11.6 Å². The average Bonchev–Trinajstić information content (AvgIpc) is 3.10. The van der Waals surface area contributed by atoms with Crippen molar-refractivity contribution in [3.8, 4) is 5.69 Å². The molecule has 1 aliphatic rings. The van der Waals surface area contributed by atoms with Crippen LogP contribution in [-0.2, 0) is 0 Å². The third-order valence-electron chi connectivity index (χ3n) is 4.19. The smallest absolute Gasteiger partial charge is 0.0877 e. The van der Waals surface area contributed by atoms with Gasteiger partial charge in [-0.25, -0.2) is 4.68 Å². The van der Waals surface area contributed by atoms with Crippen LogP contribution in [0.4, 0.5) is 5.69 Å². The molecule has 2 unspecified atom stereocenters. The van der Waals surface area contributed by atoms with Crippen LogP contribution in [0.25, 0.3) is 5.69 Å². The summed E-state index contributed by atoms with van der Waals surface area (Å²) in [5.41, 5.74) is 2.13. The summed E-state index contributed by atoms with van der Waals surface area (Å²) in [7, 11) is 0. The Bertz CT molecular complexity index is 565. The first-order valence-electron chi connectivity index (χ1n) is 7.32. The number of nitrogens with one attached hydrogen (secondary N) is 1. The first-order chi connectivity index (χ1) is 9.76. The highest BCUT2D eigenvalue weighted by Gasteiger charge is 2.23. The molecule has 1 N–H and O–H groups in total. The Labute approximate surface area is 124 Å². The number of halogens is 1. The van der Waals surface area contributed by atoms with Gasteiger partial charge in [-0.3, -0.25) is 0 Å². The summed E-state index contributed by atoms with van der Waals surface area (Å²) >= 11 is 6.15. The highest BCUT2D eigenvalue weighted by atomic mass is 35.5. The monoisotopic (exact) mass is 289 g/mol. The van der Waals surface area contributed by atoms with Crippen molar-refractivity contribution in [1.82, 2.24) is 9.78 Å². The van der Waals surface area contributed by atoms with Crippen LogP contribution >= 0.6 is 11.6 Å². The van der Waals surface area contributed by atoms with E-state index in [9.17, 15) is 0 Å². The van der Waals surface area contributed by atoms with E-state index < -0.39 is 0 Å². The first-order valence-corrected chi connectivity index (χ1v) is 7.70. The molecule has 0 aliphatic heterocycles. The molecular weight excluding hydrogens is 270 g/mol. The van der Waals surface area contributed by atoms with E-state index in [0.29, 0.717) is 6.04 Å². The summed E-state index contributed by atoms with van der Waals surface area (Å²) in [5.74, 6) is 0.861. The Kier molecular flexibility index (Phi) is 3.97. The van der Waals surface area contributed by atoms with Gasteiger partial charge in [-0.2, -0.15) is 5.10 Å². The van der Waals surface area contributed by atoms with E-state index >= 15 is 0 Å². The Hall–Kier alpha value is -1.48. The third-order valence-corrected chi connectivity index (χ3v) is 4.42. The summed E-state index contributed by atoms with van der Waals surface area (Å²) in [4.78, 5) is 0. The van der Waals surface area contributed by atoms with Crippen LogP contribution in [0.3, 0.4) is 0 Å². The van der Waals surface area contributed by atoms with Crippen LogP contribution in [0.2, 0.25) is 5.02 Å². The Morgan fingerprint density at radius 1 is 1.40 bits per heavy atom. The fourth-order valence-corrected chi connectivity index (χ4v) is 3.20. The van der Waals surface area contributed by atoms with Crippen molar-refractivity contribution in [3.05, 3.63) is 41.7 Å². The molecule has 1 heterocycles. The second-order valence-electron chi connectivity index (χ2n) is 5.54. The van der Waals surface area contributed by atoms with Gasteiger partial charge in [-0.15, -0.1) is 0 Å². The Balaban J connectivity index is 1.83. The number of benzene rings is 1. The van der Waals surface area contributed by atoms with Crippen molar-refractivity contribution < 1.29 is 0 Å². The van der Waals surface area contributed by atoms with Gasteiger partial charge in [0, 0.05) is 23.5 Å². The van der Waals surface area contributed by atoms with Crippen LogP contribution in [-0.4, -0.2) is 15.8 Å². The number of anilines is 1. The average molecular weight is 290 g/mol. The maximum Gasteiger partial charge on any atom is 0.0877 e. The van der Waals surface area contributed by atoms with Crippen LogP contribution in [0, 0.1) is 5.92 Å². The van der Waals surface area contributed by atoms with Crippen LogP contribution in [0.15, 0.2) is 36.7 Å². The minimum Gasteiger partial charge on any atom is -0.381 e. The summed E-state index contributed by atoms with van der Waals surface area (Å²) in [6, 6.07) is 8.41. The number of rotatable bonds is 4. The molecule has 106 valence electrons. The van der Waals surface area contributed by atoms with E-state index in [1.165, 1.54) is 25.7 Å². The molecule has 0 amide bonds. The van der Waals surface area contributed by atoms with E-state index in [0.717, 1.165) is 22.3 Å². The van der Waals surface area contributed by atoms with Gasteiger partial charge in [0.15, 0.2) is 0 Å². The molecule has 1 aromatic heterocycles. The zero-order chi connectivity index (χ0) is 13.9.